The van der Waals surface area contributed by atoms with Crippen molar-refractivity contribution in [3.63, 3.8) is 0 Å². The van der Waals surface area contributed by atoms with Gasteiger partial charge in [0.2, 0.25) is 0 Å². The Morgan fingerprint density at radius 3 is 2.83 bits per heavy atom. The third-order valence-electron chi connectivity index (χ3n) is 3.11. The summed E-state index contributed by atoms with van der Waals surface area (Å²) < 4.78 is 8.11. The maximum atomic E-state index is 6.35. The molecule has 5 heteroatoms. The molecule has 1 heterocycles. The van der Waals surface area contributed by atoms with Gasteiger partial charge in [-0.05, 0) is 24.1 Å². The van der Waals surface area contributed by atoms with E-state index >= 15 is 0 Å². The Bertz CT molecular complexity index is 565. The molecule has 1 atom stereocenters. The van der Waals surface area contributed by atoms with Gasteiger partial charge in [-0.1, -0.05) is 28.1 Å². The highest BCUT2D eigenvalue weighted by atomic mass is 79.9. The van der Waals surface area contributed by atoms with Gasteiger partial charge >= 0.3 is 0 Å². The van der Waals surface area contributed by atoms with Crippen LogP contribution in [0.3, 0.4) is 0 Å². The Morgan fingerprint density at radius 2 is 2.17 bits per heavy atom. The molecule has 2 rings (SSSR count). The first-order valence-corrected chi connectivity index (χ1v) is 6.42. The van der Waals surface area contributed by atoms with E-state index in [1.807, 2.05) is 32.2 Å². The predicted octanol–water partition coefficient (Wildman–Crippen LogP) is 2.55. The van der Waals surface area contributed by atoms with Crippen LogP contribution in [0.2, 0.25) is 0 Å². The zero-order valence-electron chi connectivity index (χ0n) is 10.6. The first kappa shape index (κ1) is 13.1. The average molecular weight is 310 g/mol. The monoisotopic (exact) mass is 309 g/mol. The van der Waals surface area contributed by atoms with Gasteiger partial charge in [-0.25, -0.2) is 0 Å². The van der Waals surface area contributed by atoms with Crippen molar-refractivity contribution < 1.29 is 4.74 Å². The number of nitrogens with two attached hydrogens (primary N) is 1. The van der Waals surface area contributed by atoms with Gasteiger partial charge in [0.1, 0.15) is 5.69 Å². The molecule has 0 spiro atoms. The van der Waals surface area contributed by atoms with E-state index in [4.69, 9.17) is 10.5 Å². The van der Waals surface area contributed by atoms with Crippen molar-refractivity contribution in [3.8, 4) is 5.75 Å². The second-order valence-electron chi connectivity index (χ2n) is 4.15. The minimum absolute atomic E-state index is 0.259. The first-order chi connectivity index (χ1) is 8.56. The number of nitrogens with zero attached hydrogens (tertiary/aromatic N) is 2. The Balaban J connectivity index is 2.51. The Morgan fingerprint density at radius 1 is 1.44 bits per heavy atom. The average Bonchev–Trinajstić information content (AvgIpc) is 2.73. The van der Waals surface area contributed by atoms with Crippen molar-refractivity contribution in [2.24, 2.45) is 12.8 Å². The molecule has 96 valence electrons. The molecule has 0 amide bonds. The Kier molecular flexibility index (Phi) is 3.73. The number of rotatable bonds is 3. The molecule has 0 aliphatic carbocycles. The molecule has 0 radical (unpaired) electrons. The van der Waals surface area contributed by atoms with Gasteiger partial charge in [-0.2, -0.15) is 5.10 Å². The summed E-state index contributed by atoms with van der Waals surface area (Å²) in [5, 5.41) is 4.19. The highest BCUT2D eigenvalue weighted by Gasteiger charge is 2.20. The quantitative estimate of drug-likeness (QED) is 0.948. The third kappa shape index (κ3) is 2.15. The third-order valence-corrected chi connectivity index (χ3v) is 3.97. The van der Waals surface area contributed by atoms with E-state index in [1.54, 1.807) is 18.0 Å². The van der Waals surface area contributed by atoms with Gasteiger partial charge < -0.3 is 10.5 Å². The lowest BCUT2D eigenvalue weighted by atomic mass is 9.99. The second-order valence-corrected chi connectivity index (χ2v) is 5.01. The predicted molar refractivity (Wildman–Crippen MR) is 74.7 cm³/mol. The van der Waals surface area contributed by atoms with Crippen molar-refractivity contribution in [2.45, 2.75) is 13.0 Å². The minimum atomic E-state index is -0.259. The van der Waals surface area contributed by atoms with Crippen molar-refractivity contribution in [2.75, 3.05) is 7.11 Å². The lowest BCUT2D eigenvalue weighted by Crippen LogP contribution is -2.18. The first-order valence-electron chi connectivity index (χ1n) is 5.62. The van der Waals surface area contributed by atoms with E-state index in [2.05, 4.69) is 21.0 Å². The van der Waals surface area contributed by atoms with E-state index in [0.29, 0.717) is 5.75 Å². The van der Waals surface area contributed by atoms with Crippen LogP contribution in [0, 0.1) is 6.92 Å². The van der Waals surface area contributed by atoms with E-state index in [1.165, 1.54) is 0 Å². The largest absolute Gasteiger partial charge is 0.493 e. The van der Waals surface area contributed by atoms with Crippen LogP contribution in [0.5, 0.6) is 5.75 Å². The van der Waals surface area contributed by atoms with Gasteiger partial charge in [-0.3, -0.25) is 4.68 Å². The molecule has 0 aliphatic heterocycles. The molecule has 1 unspecified atom stereocenters. The SMILES string of the molecule is COc1cnn(C)c1C(N)c1cccc(Br)c1C. The minimum Gasteiger partial charge on any atom is -0.493 e. The van der Waals surface area contributed by atoms with Crippen molar-refractivity contribution in [3.05, 3.63) is 45.7 Å². The van der Waals surface area contributed by atoms with Gasteiger partial charge in [0, 0.05) is 11.5 Å². The summed E-state index contributed by atoms with van der Waals surface area (Å²) >= 11 is 3.52. The molecule has 1 aromatic heterocycles. The smallest absolute Gasteiger partial charge is 0.161 e. The van der Waals surface area contributed by atoms with Crippen molar-refractivity contribution >= 4 is 15.9 Å². The summed E-state index contributed by atoms with van der Waals surface area (Å²) in [5.74, 6) is 0.712. The topological polar surface area (TPSA) is 53.1 Å². The molecule has 2 N–H and O–H groups in total. The normalized spacial score (nSPS) is 12.5. The molecule has 0 saturated heterocycles. The van der Waals surface area contributed by atoms with Crippen molar-refractivity contribution in [1.29, 1.82) is 0 Å². The molecule has 0 aliphatic rings. The molecular weight excluding hydrogens is 294 g/mol. The van der Waals surface area contributed by atoms with E-state index in [-0.39, 0.29) is 6.04 Å². The fourth-order valence-corrected chi connectivity index (χ4v) is 2.43. The fourth-order valence-electron chi connectivity index (χ4n) is 2.05. The van der Waals surface area contributed by atoms with Crippen molar-refractivity contribution in [1.82, 2.24) is 9.78 Å². The maximum absolute atomic E-state index is 6.35. The Labute approximate surface area is 115 Å². The second kappa shape index (κ2) is 5.12. The lowest BCUT2D eigenvalue weighted by molar-refractivity contribution is 0.406. The standard InChI is InChI=1S/C13H16BrN3O/c1-8-9(5-4-6-10(8)14)12(15)13-11(18-3)7-16-17(13)2/h4-7,12H,15H2,1-3H3. The summed E-state index contributed by atoms with van der Waals surface area (Å²) in [6.45, 7) is 2.04. The fraction of sp³-hybridized carbons (Fsp3) is 0.308. The molecule has 4 nitrogen and oxygen atoms in total. The van der Waals surface area contributed by atoms with Crippen LogP contribution in [0.15, 0.2) is 28.9 Å². The van der Waals surface area contributed by atoms with Crippen LogP contribution in [-0.2, 0) is 7.05 Å². The highest BCUT2D eigenvalue weighted by molar-refractivity contribution is 9.10. The number of aryl methyl sites for hydroxylation is 1. The molecule has 0 bridgehead atoms. The van der Waals surface area contributed by atoms with Gasteiger partial charge in [-0.15, -0.1) is 0 Å². The summed E-state index contributed by atoms with van der Waals surface area (Å²) in [4.78, 5) is 0. The van der Waals surface area contributed by atoms with Gasteiger partial charge in [0.05, 0.1) is 19.3 Å². The number of hydrogen-bond donors (Lipinski definition) is 1. The van der Waals surface area contributed by atoms with E-state index in [9.17, 15) is 0 Å². The van der Waals surface area contributed by atoms with Crippen LogP contribution in [-0.4, -0.2) is 16.9 Å². The van der Waals surface area contributed by atoms with Crippen LogP contribution >= 0.6 is 15.9 Å². The molecule has 1 aromatic carbocycles. The molecule has 18 heavy (non-hydrogen) atoms. The molecule has 0 fully saturated rings. The van der Waals surface area contributed by atoms with E-state index in [0.717, 1.165) is 21.3 Å². The Hall–Kier alpha value is -1.33. The number of hydrogen-bond acceptors (Lipinski definition) is 3. The maximum Gasteiger partial charge on any atom is 0.161 e. The highest BCUT2D eigenvalue weighted by Crippen LogP contribution is 2.31. The summed E-state index contributed by atoms with van der Waals surface area (Å²) in [6.07, 6.45) is 1.68. The molecule has 0 saturated carbocycles. The van der Waals surface area contributed by atoms with Crippen LogP contribution in [0.4, 0.5) is 0 Å². The number of benzene rings is 1. The number of methoxy groups -OCH3 is 1. The van der Waals surface area contributed by atoms with Crippen LogP contribution in [0.25, 0.3) is 0 Å². The van der Waals surface area contributed by atoms with Crippen LogP contribution in [0.1, 0.15) is 22.9 Å². The molecular formula is C13H16BrN3O. The number of aromatic nitrogens is 2. The zero-order valence-corrected chi connectivity index (χ0v) is 12.2. The lowest BCUT2D eigenvalue weighted by Gasteiger charge is -2.17. The molecule has 2 aromatic rings. The number of halogens is 1. The summed E-state index contributed by atoms with van der Waals surface area (Å²) in [7, 11) is 3.49. The zero-order chi connectivity index (χ0) is 13.3. The van der Waals surface area contributed by atoms with E-state index < -0.39 is 0 Å². The van der Waals surface area contributed by atoms with Gasteiger partial charge in [0.25, 0.3) is 0 Å². The summed E-state index contributed by atoms with van der Waals surface area (Å²) in [6, 6.07) is 5.75. The van der Waals surface area contributed by atoms with Gasteiger partial charge in [0.15, 0.2) is 5.75 Å². The number of ether oxygens (including phenoxy) is 1. The summed E-state index contributed by atoms with van der Waals surface area (Å²) in [5.41, 5.74) is 9.41. The van der Waals surface area contributed by atoms with Crippen LogP contribution < -0.4 is 10.5 Å².